The van der Waals surface area contributed by atoms with Crippen LogP contribution in [0.2, 0.25) is 0 Å². The van der Waals surface area contributed by atoms with Crippen LogP contribution >= 0.6 is 11.8 Å². The minimum absolute atomic E-state index is 0.447. The molecule has 25 heavy (non-hydrogen) atoms. The molecule has 0 unspecified atom stereocenters. The third-order valence-electron chi connectivity index (χ3n) is 3.53. The second kappa shape index (κ2) is 8.35. The van der Waals surface area contributed by atoms with Gasteiger partial charge in [0.1, 0.15) is 11.5 Å². The van der Waals surface area contributed by atoms with Gasteiger partial charge < -0.3 is 10.2 Å². The molecule has 3 rings (SSSR count). The molecule has 0 spiro atoms. The quantitative estimate of drug-likeness (QED) is 0.407. The fraction of sp³-hybridized carbons (Fsp3) is 0.100. The molecule has 0 aliphatic heterocycles. The van der Waals surface area contributed by atoms with Gasteiger partial charge in [0, 0.05) is 11.3 Å². The molecule has 1 aromatic heterocycles. The van der Waals surface area contributed by atoms with Gasteiger partial charge in [-0.3, -0.25) is 0 Å². The average molecular weight is 349 g/mol. The highest BCUT2D eigenvalue weighted by Gasteiger charge is 2.01. The van der Waals surface area contributed by atoms with Crippen LogP contribution in [0.25, 0.3) is 11.3 Å². The minimum Gasteiger partial charge on any atom is -0.461 e. The number of furan rings is 1. The Hall–Kier alpha value is -2.79. The summed E-state index contributed by atoms with van der Waals surface area (Å²) in [6.07, 6.45) is 1.69. The molecular weight excluding hydrogens is 330 g/mol. The van der Waals surface area contributed by atoms with E-state index in [1.807, 2.05) is 61.5 Å². The normalized spacial score (nSPS) is 12.0. The zero-order valence-corrected chi connectivity index (χ0v) is 14.7. The molecular formula is C20H19N3OS. The first-order chi connectivity index (χ1) is 12.2. The zero-order chi connectivity index (χ0) is 17.5. The van der Waals surface area contributed by atoms with Crippen LogP contribution < -0.4 is 5.73 Å². The molecule has 5 heteroatoms. The maximum atomic E-state index is 5.87. The SMILES string of the molecule is Cc1ccc(-c2ccc(C=NN=C(N)SCc3ccccc3)cc2)o1. The Kier molecular flexibility index (Phi) is 5.69. The lowest BCUT2D eigenvalue weighted by molar-refractivity contribution is 0.548. The molecule has 1 heterocycles. The van der Waals surface area contributed by atoms with E-state index < -0.39 is 0 Å². The van der Waals surface area contributed by atoms with Crippen molar-refractivity contribution in [2.45, 2.75) is 12.7 Å². The number of thioether (sulfide) groups is 1. The maximum Gasteiger partial charge on any atom is 0.180 e. The van der Waals surface area contributed by atoms with Crippen molar-refractivity contribution in [3.8, 4) is 11.3 Å². The molecule has 0 saturated heterocycles. The number of nitrogens with two attached hydrogens (primary N) is 1. The maximum absolute atomic E-state index is 5.87. The fourth-order valence-electron chi connectivity index (χ4n) is 2.24. The van der Waals surface area contributed by atoms with E-state index in [2.05, 4.69) is 22.3 Å². The van der Waals surface area contributed by atoms with Crippen LogP contribution in [0.3, 0.4) is 0 Å². The molecule has 0 fully saturated rings. The molecule has 126 valence electrons. The van der Waals surface area contributed by atoms with Gasteiger partial charge in [0.05, 0.1) is 6.21 Å². The molecule has 0 aliphatic rings. The Morgan fingerprint density at radius 2 is 1.80 bits per heavy atom. The van der Waals surface area contributed by atoms with Gasteiger partial charge in [-0.05, 0) is 30.2 Å². The lowest BCUT2D eigenvalue weighted by atomic mass is 10.1. The van der Waals surface area contributed by atoms with Gasteiger partial charge in [-0.15, -0.1) is 5.10 Å². The standard InChI is InChI=1S/C20H19N3OS/c1-15-7-12-19(24-15)18-10-8-16(9-11-18)13-22-23-20(21)25-14-17-5-3-2-4-6-17/h2-13H,14H2,1H3,(H2,21,23). The Bertz CT molecular complexity index is 867. The van der Waals surface area contributed by atoms with E-state index in [0.717, 1.165) is 28.4 Å². The molecule has 4 nitrogen and oxygen atoms in total. The van der Waals surface area contributed by atoms with Gasteiger partial charge >= 0.3 is 0 Å². The summed E-state index contributed by atoms with van der Waals surface area (Å²) in [5.74, 6) is 2.54. The number of hydrogen-bond acceptors (Lipinski definition) is 4. The molecule has 3 aromatic rings. The Balaban J connectivity index is 1.56. The van der Waals surface area contributed by atoms with E-state index >= 15 is 0 Å². The molecule has 2 aromatic carbocycles. The van der Waals surface area contributed by atoms with Crippen LogP contribution in [0.5, 0.6) is 0 Å². The van der Waals surface area contributed by atoms with E-state index in [0.29, 0.717) is 5.17 Å². The first kappa shape index (κ1) is 17.0. The summed E-state index contributed by atoms with van der Waals surface area (Å²) in [6.45, 7) is 1.93. The minimum atomic E-state index is 0.447. The monoisotopic (exact) mass is 349 g/mol. The molecule has 0 aliphatic carbocycles. The number of hydrogen-bond donors (Lipinski definition) is 1. The lowest BCUT2D eigenvalue weighted by Crippen LogP contribution is -2.05. The summed E-state index contributed by atoms with van der Waals surface area (Å²) >= 11 is 1.47. The molecule has 0 bridgehead atoms. The second-order valence-corrected chi connectivity index (χ2v) is 6.49. The third-order valence-corrected chi connectivity index (χ3v) is 4.38. The largest absolute Gasteiger partial charge is 0.461 e. The highest BCUT2D eigenvalue weighted by molar-refractivity contribution is 8.13. The average Bonchev–Trinajstić information content (AvgIpc) is 3.08. The van der Waals surface area contributed by atoms with Crippen LogP contribution in [-0.2, 0) is 5.75 Å². The number of rotatable bonds is 5. The summed E-state index contributed by atoms with van der Waals surface area (Å²) in [5.41, 5.74) is 9.07. The van der Waals surface area contributed by atoms with E-state index in [-0.39, 0.29) is 0 Å². The summed E-state index contributed by atoms with van der Waals surface area (Å²) in [5, 5.41) is 8.53. The number of amidine groups is 1. The van der Waals surface area contributed by atoms with Crippen molar-refractivity contribution in [1.29, 1.82) is 0 Å². The molecule has 0 atom stereocenters. The summed E-state index contributed by atoms with van der Waals surface area (Å²) in [7, 11) is 0. The predicted octanol–water partition coefficient (Wildman–Crippen LogP) is 4.84. The van der Waals surface area contributed by atoms with Crippen molar-refractivity contribution in [3.63, 3.8) is 0 Å². The van der Waals surface area contributed by atoms with Crippen LogP contribution in [0.15, 0.2) is 81.4 Å². The number of nitrogens with zero attached hydrogens (tertiary/aromatic N) is 2. The highest BCUT2D eigenvalue weighted by Crippen LogP contribution is 2.21. The zero-order valence-electron chi connectivity index (χ0n) is 13.9. The Labute approximate surface area is 151 Å². The Morgan fingerprint density at radius 1 is 1.04 bits per heavy atom. The molecule has 2 N–H and O–H groups in total. The van der Waals surface area contributed by atoms with Crippen LogP contribution in [0, 0.1) is 6.92 Å². The van der Waals surface area contributed by atoms with Crippen molar-refractivity contribution in [2.24, 2.45) is 15.9 Å². The van der Waals surface area contributed by atoms with Gasteiger partial charge in [0.15, 0.2) is 5.17 Å². The topological polar surface area (TPSA) is 63.9 Å². The Morgan fingerprint density at radius 3 is 2.48 bits per heavy atom. The second-order valence-electron chi connectivity index (χ2n) is 5.49. The number of aryl methyl sites for hydroxylation is 1. The fourth-order valence-corrected chi connectivity index (χ4v) is 2.85. The highest BCUT2D eigenvalue weighted by atomic mass is 32.2. The molecule has 0 saturated carbocycles. The van der Waals surface area contributed by atoms with Gasteiger partial charge in [-0.25, -0.2) is 0 Å². The van der Waals surface area contributed by atoms with Crippen LogP contribution in [0.1, 0.15) is 16.9 Å². The predicted molar refractivity (Wildman–Crippen MR) is 106 cm³/mol. The summed E-state index contributed by atoms with van der Waals surface area (Å²) in [4.78, 5) is 0. The van der Waals surface area contributed by atoms with Crippen LogP contribution in [0.4, 0.5) is 0 Å². The van der Waals surface area contributed by atoms with Crippen molar-refractivity contribution in [3.05, 3.63) is 83.6 Å². The smallest absolute Gasteiger partial charge is 0.180 e. The lowest BCUT2D eigenvalue weighted by Gasteiger charge is -1.99. The molecule has 0 amide bonds. The van der Waals surface area contributed by atoms with Gasteiger partial charge in [-0.2, -0.15) is 5.10 Å². The van der Waals surface area contributed by atoms with E-state index in [9.17, 15) is 0 Å². The first-order valence-corrected chi connectivity index (χ1v) is 8.89. The summed E-state index contributed by atoms with van der Waals surface area (Å²) in [6, 6.07) is 22.0. The summed E-state index contributed by atoms with van der Waals surface area (Å²) < 4.78 is 5.61. The van der Waals surface area contributed by atoms with Gasteiger partial charge in [-0.1, -0.05) is 66.4 Å². The van der Waals surface area contributed by atoms with E-state index in [4.69, 9.17) is 10.2 Å². The van der Waals surface area contributed by atoms with Gasteiger partial charge in [0.2, 0.25) is 0 Å². The van der Waals surface area contributed by atoms with Crippen molar-refractivity contribution in [2.75, 3.05) is 0 Å². The molecule has 0 radical (unpaired) electrons. The van der Waals surface area contributed by atoms with Crippen molar-refractivity contribution in [1.82, 2.24) is 0 Å². The van der Waals surface area contributed by atoms with E-state index in [1.54, 1.807) is 6.21 Å². The van der Waals surface area contributed by atoms with Crippen LogP contribution in [-0.4, -0.2) is 11.4 Å². The van der Waals surface area contributed by atoms with Gasteiger partial charge in [0.25, 0.3) is 0 Å². The third kappa shape index (κ3) is 5.09. The van der Waals surface area contributed by atoms with Crippen molar-refractivity contribution < 1.29 is 4.42 Å². The number of benzene rings is 2. The van der Waals surface area contributed by atoms with E-state index in [1.165, 1.54) is 17.3 Å². The first-order valence-electron chi connectivity index (χ1n) is 7.91. The van der Waals surface area contributed by atoms with Crippen molar-refractivity contribution >= 4 is 23.1 Å².